The second-order valence-corrected chi connectivity index (χ2v) is 7.27. The van der Waals surface area contributed by atoms with Crippen LogP contribution < -0.4 is 10.9 Å². The second kappa shape index (κ2) is 8.53. The zero-order valence-corrected chi connectivity index (χ0v) is 16.2. The third kappa shape index (κ3) is 4.41. The van der Waals surface area contributed by atoms with Crippen LogP contribution in [0.4, 0.5) is 0 Å². The van der Waals surface area contributed by atoms with Gasteiger partial charge in [0, 0.05) is 11.8 Å². The lowest BCUT2D eigenvalue weighted by Crippen LogP contribution is -2.41. The minimum absolute atomic E-state index is 0.355. The summed E-state index contributed by atoms with van der Waals surface area (Å²) in [4.78, 5) is 25.4. The number of carbonyl (C=O) groups excluding carboxylic acids is 2. The smallest absolute Gasteiger partial charge is 0.267 e. The zero-order chi connectivity index (χ0) is 20.1. The van der Waals surface area contributed by atoms with Crippen molar-refractivity contribution in [2.24, 2.45) is 0 Å². The van der Waals surface area contributed by atoms with Gasteiger partial charge in [0.15, 0.2) is 0 Å². The molecule has 29 heavy (non-hydrogen) atoms. The number of hydrazine groups is 1. The predicted octanol–water partition coefficient (Wildman–Crippen LogP) is 3.73. The molecule has 0 saturated heterocycles. The van der Waals surface area contributed by atoms with E-state index in [9.17, 15) is 9.59 Å². The van der Waals surface area contributed by atoms with Crippen molar-refractivity contribution in [3.63, 3.8) is 0 Å². The molecule has 0 saturated carbocycles. The third-order valence-corrected chi connectivity index (χ3v) is 5.14. The van der Waals surface area contributed by atoms with E-state index in [1.54, 1.807) is 28.4 Å². The molecule has 2 amide bonds. The molecule has 0 bridgehead atoms. The first-order valence-corrected chi connectivity index (χ1v) is 9.89. The van der Waals surface area contributed by atoms with E-state index >= 15 is 0 Å². The van der Waals surface area contributed by atoms with Crippen LogP contribution in [0, 0.1) is 0 Å². The molecule has 2 heterocycles. The molecule has 0 atom stereocenters. The van der Waals surface area contributed by atoms with Crippen LogP contribution in [0.25, 0.3) is 11.3 Å². The highest BCUT2D eigenvalue weighted by Gasteiger charge is 2.19. The highest BCUT2D eigenvalue weighted by Crippen LogP contribution is 2.22. The Morgan fingerprint density at radius 1 is 0.862 bits per heavy atom. The molecule has 144 valence electrons. The molecule has 0 unspecified atom stereocenters. The summed E-state index contributed by atoms with van der Waals surface area (Å²) in [5.41, 5.74) is 7.80. The van der Waals surface area contributed by atoms with Crippen molar-refractivity contribution in [1.29, 1.82) is 0 Å². The van der Waals surface area contributed by atoms with Gasteiger partial charge in [0.1, 0.15) is 5.69 Å². The summed E-state index contributed by atoms with van der Waals surface area (Å²) in [6.07, 6.45) is 1.70. The number of carbonyl (C=O) groups is 2. The molecule has 2 aromatic carbocycles. The first kappa shape index (κ1) is 18.6. The monoisotopic (exact) mass is 402 g/mol. The normalized spacial score (nSPS) is 10.5. The molecule has 4 aromatic rings. The number of amides is 2. The molecule has 0 fully saturated rings. The Hall–Kier alpha value is -3.71. The van der Waals surface area contributed by atoms with Crippen LogP contribution in [-0.4, -0.2) is 21.6 Å². The lowest BCUT2D eigenvalue weighted by molar-refractivity contribution is 0.0849. The fourth-order valence-corrected chi connectivity index (χ4v) is 3.52. The van der Waals surface area contributed by atoms with E-state index in [-0.39, 0.29) is 5.91 Å². The maximum Gasteiger partial charge on any atom is 0.279 e. The largest absolute Gasteiger partial charge is 0.279 e. The molecule has 0 aliphatic heterocycles. The molecule has 6 nitrogen and oxygen atoms in total. The SMILES string of the molecule is O=C(NNC(=O)c1cn(Cc2ccccc2)nc1-c1ccccc1)c1cccs1. The highest BCUT2D eigenvalue weighted by atomic mass is 32.1. The lowest BCUT2D eigenvalue weighted by atomic mass is 10.1. The Kier molecular flexibility index (Phi) is 5.49. The minimum atomic E-state index is -0.423. The number of rotatable bonds is 5. The number of thiophene rings is 1. The highest BCUT2D eigenvalue weighted by molar-refractivity contribution is 7.12. The molecular formula is C22H18N4O2S. The predicted molar refractivity (Wildman–Crippen MR) is 112 cm³/mol. The third-order valence-electron chi connectivity index (χ3n) is 4.28. The Labute approximate surface area is 171 Å². The molecule has 0 aliphatic rings. The van der Waals surface area contributed by atoms with E-state index in [4.69, 9.17) is 0 Å². The molecule has 2 N–H and O–H groups in total. The summed E-state index contributed by atoms with van der Waals surface area (Å²) in [7, 11) is 0. The van der Waals surface area contributed by atoms with Crippen molar-refractivity contribution >= 4 is 23.2 Å². The molecule has 7 heteroatoms. The zero-order valence-electron chi connectivity index (χ0n) is 15.4. The van der Waals surface area contributed by atoms with Gasteiger partial charge in [-0.05, 0) is 17.0 Å². The van der Waals surface area contributed by atoms with Gasteiger partial charge in [-0.15, -0.1) is 11.3 Å². The van der Waals surface area contributed by atoms with Crippen LogP contribution in [0.3, 0.4) is 0 Å². The first-order chi connectivity index (χ1) is 14.2. The van der Waals surface area contributed by atoms with E-state index < -0.39 is 5.91 Å². The molecular weight excluding hydrogens is 384 g/mol. The van der Waals surface area contributed by atoms with E-state index in [2.05, 4.69) is 16.0 Å². The fraction of sp³-hybridized carbons (Fsp3) is 0.0455. The number of aromatic nitrogens is 2. The van der Waals surface area contributed by atoms with Gasteiger partial charge in [-0.25, -0.2) is 0 Å². The van der Waals surface area contributed by atoms with Crippen molar-refractivity contribution < 1.29 is 9.59 Å². The van der Waals surface area contributed by atoms with Crippen LogP contribution in [0.5, 0.6) is 0 Å². The molecule has 0 spiro atoms. The standard InChI is InChI=1S/C22H18N4O2S/c27-21(23-24-22(28)19-12-7-13-29-19)18-15-26(14-16-8-3-1-4-9-16)25-20(18)17-10-5-2-6-11-17/h1-13,15H,14H2,(H,23,27)(H,24,28). The van der Waals surface area contributed by atoms with Gasteiger partial charge in [0.2, 0.25) is 0 Å². The Morgan fingerprint density at radius 3 is 2.24 bits per heavy atom. The summed E-state index contributed by atoms with van der Waals surface area (Å²) < 4.78 is 1.73. The van der Waals surface area contributed by atoms with Gasteiger partial charge in [-0.2, -0.15) is 5.10 Å². The summed E-state index contributed by atoms with van der Waals surface area (Å²) in [6, 6.07) is 22.9. The Bertz CT molecular complexity index is 1110. The number of nitrogens with one attached hydrogen (secondary N) is 2. The molecule has 0 aliphatic carbocycles. The van der Waals surface area contributed by atoms with Crippen molar-refractivity contribution in [1.82, 2.24) is 20.6 Å². The molecule has 2 aromatic heterocycles. The van der Waals surface area contributed by atoms with Gasteiger partial charge in [0.05, 0.1) is 17.0 Å². The lowest BCUT2D eigenvalue weighted by Gasteiger charge is -2.06. The van der Waals surface area contributed by atoms with Gasteiger partial charge >= 0.3 is 0 Å². The average molecular weight is 402 g/mol. The summed E-state index contributed by atoms with van der Waals surface area (Å²) >= 11 is 1.30. The minimum Gasteiger partial charge on any atom is -0.267 e. The maximum absolute atomic E-state index is 12.8. The van der Waals surface area contributed by atoms with E-state index in [1.165, 1.54) is 11.3 Å². The first-order valence-electron chi connectivity index (χ1n) is 9.02. The summed E-state index contributed by atoms with van der Waals surface area (Å²) in [5, 5.41) is 6.42. The van der Waals surface area contributed by atoms with Crippen LogP contribution in [0.2, 0.25) is 0 Å². The Morgan fingerprint density at radius 2 is 1.55 bits per heavy atom. The van der Waals surface area contributed by atoms with Crippen LogP contribution in [0.15, 0.2) is 84.4 Å². The maximum atomic E-state index is 12.8. The van der Waals surface area contributed by atoms with Gasteiger partial charge in [0.25, 0.3) is 11.8 Å². The van der Waals surface area contributed by atoms with E-state index in [0.717, 1.165) is 11.1 Å². The number of benzene rings is 2. The van der Waals surface area contributed by atoms with Crippen molar-refractivity contribution in [3.05, 3.63) is 100 Å². The number of nitrogens with zero attached hydrogens (tertiary/aromatic N) is 2. The second-order valence-electron chi connectivity index (χ2n) is 6.33. The average Bonchev–Trinajstić information content (AvgIpc) is 3.44. The van der Waals surface area contributed by atoms with Crippen molar-refractivity contribution in [2.45, 2.75) is 6.54 Å². The quantitative estimate of drug-likeness (QED) is 0.500. The van der Waals surface area contributed by atoms with Crippen molar-refractivity contribution in [2.75, 3.05) is 0 Å². The topological polar surface area (TPSA) is 76.0 Å². The van der Waals surface area contributed by atoms with Crippen LogP contribution >= 0.6 is 11.3 Å². The Balaban J connectivity index is 1.58. The number of hydrogen-bond donors (Lipinski definition) is 2. The van der Waals surface area contributed by atoms with E-state index in [1.807, 2.05) is 60.7 Å². The van der Waals surface area contributed by atoms with E-state index in [0.29, 0.717) is 22.7 Å². The molecule has 4 rings (SSSR count). The molecule has 0 radical (unpaired) electrons. The fourth-order valence-electron chi connectivity index (χ4n) is 2.90. The number of hydrogen-bond acceptors (Lipinski definition) is 4. The summed E-state index contributed by atoms with van der Waals surface area (Å²) in [5.74, 6) is -0.778. The van der Waals surface area contributed by atoms with Gasteiger partial charge < -0.3 is 0 Å². The van der Waals surface area contributed by atoms with Gasteiger partial charge in [-0.1, -0.05) is 66.7 Å². The van der Waals surface area contributed by atoms with Crippen molar-refractivity contribution in [3.8, 4) is 11.3 Å². The van der Waals surface area contributed by atoms with Crippen LogP contribution in [-0.2, 0) is 6.54 Å². The van der Waals surface area contributed by atoms with Crippen LogP contribution in [0.1, 0.15) is 25.6 Å². The van der Waals surface area contributed by atoms with Gasteiger partial charge in [-0.3, -0.25) is 25.1 Å². The summed E-state index contributed by atoms with van der Waals surface area (Å²) in [6.45, 7) is 0.537.